The first-order chi connectivity index (χ1) is 9.61. The Morgan fingerprint density at radius 2 is 2.30 bits per heavy atom. The van der Waals surface area contributed by atoms with Gasteiger partial charge in [0.2, 0.25) is 0 Å². The summed E-state index contributed by atoms with van der Waals surface area (Å²) in [5.74, 6) is 0.216. The second-order valence-electron chi connectivity index (χ2n) is 5.30. The standard InChI is InChI=1S/C15H21N3O2/c1-10(2)7-13(15(19)20-3)17-8-11-9-18-14-12(11)5-4-6-16-14/h4-6,9-10,13,17H,7-8H2,1-3H3,(H,16,18). The Balaban J connectivity index is 2.06. The van der Waals surface area contributed by atoms with Crippen LogP contribution in [-0.2, 0) is 16.1 Å². The number of aromatic nitrogens is 2. The van der Waals surface area contributed by atoms with Crippen LogP contribution in [0.4, 0.5) is 0 Å². The summed E-state index contributed by atoms with van der Waals surface area (Å²) in [7, 11) is 1.42. The molecule has 2 heterocycles. The van der Waals surface area contributed by atoms with E-state index >= 15 is 0 Å². The van der Waals surface area contributed by atoms with Crippen molar-refractivity contribution in [1.29, 1.82) is 0 Å². The van der Waals surface area contributed by atoms with Gasteiger partial charge in [-0.2, -0.15) is 0 Å². The van der Waals surface area contributed by atoms with E-state index in [9.17, 15) is 4.79 Å². The molecule has 0 fully saturated rings. The van der Waals surface area contributed by atoms with Crippen molar-refractivity contribution in [3.8, 4) is 0 Å². The van der Waals surface area contributed by atoms with Crippen molar-refractivity contribution >= 4 is 17.0 Å². The Hall–Kier alpha value is -1.88. The maximum atomic E-state index is 11.8. The zero-order valence-electron chi connectivity index (χ0n) is 12.1. The van der Waals surface area contributed by atoms with Crippen LogP contribution in [0.1, 0.15) is 25.8 Å². The molecule has 0 amide bonds. The van der Waals surface area contributed by atoms with Crippen molar-refractivity contribution in [1.82, 2.24) is 15.3 Å². The summed E-state index contributed by atoms with van der Waals surface area (Å²) < 4.78 is 4.85. The van der Waals surface area contributed by atoms with E-state index in [0.717, 1.165) is 23.0 Å². The minimum absolute atomic E-state index is 0.211. The molecule has 2 rings (SSSR count). The van der Waals surface area contributed by atoms with E-state index in [2.05, 4.69) is 29.1 Å². The fourth-order valence-corrected chi connectivity index (χ4v) is 2.27. The van der Waals surface area contributed by atoms with Crippen molar-refractivity contribution in [2.24, 2.45) is 5.92 Å². The van der Waals surface area contributed by atoms with Gasteiger partial charge in [0.1, 0.15) is 11.7 Å². The second kappa shape index (κ2) is 6.52. The highest BCUT2D eigenvalue weighted by Crippen LogP contribution is 2.16. The molecule has 2 aromatic rings. The average molecular weight is 275 g/mol. The largest absolute Gasteiger partial charge is 0.468 e. The van der Waals surface area contributed by atoms with Crippen molar-refractivity contribution in [3.05, 3.63) is 30.1 Å². The van der Waals surface area contributed by atoms with Gasteiger partial charge in [-0.3, -0.25) is 4.79 Å². The SMILES string of the molecule is COC(=O)C(CC(C)C)NCc1c[nH]c2ncccc12. The van der Waals surface area contributed by atoms with Crippen LogP contribution in [0.25, 0.3) is 11.0 Å². The van der Waals surface area contributed by atoms with Gasteiger partial charge in [-0.05, 0) is 30.0 Å². The summed E-state index contributed by atoms with van der Waals surface area (Å²) >= 11 is 0. The number of H-pyrrole nitrogens is 1. The number of aromatic amines is 1. The number of nitrogens with zero attached hydrogens (tertiary/aromatic N) is 1. The lowest BCUT2D eigenvalue weighted by Crippen LogP contribution is -2.38. The van der Waals surface area contributed by atoms with Gasteiger partial charge in [-0.25, -0.2) is 4.98 Å². The third kappa shape index (κ3) is 3.36. The maximum Gasteiger partial charge on any atom is 0.322 e. The first-order valence-electron chi connectivity index (χ1n) is 6.84. The molecule has 2 aromatic heterocycles. The molecule has 0 saturated heterocycles. The van der Waals surface area contributed by atoms with Crippen molar-refractivity contribution < 1.29 is 9.53 Å². The van der Waals surface area contributed by atoms with Crippen LogP contribution in [-0.4, -0.2) is 29.1 Å². The Morgan fingerprint density at radius 3 is 3.00 bits per heavy atom. The molecule has 108 valence electrons. The number of nitrogens with one attached hydrogen (secondary N) is 2. The van der Waals surface area contributed by atoms with Gasteiger partial charge in [0.05, 0.1) is 7.11 Å². The van der Waals surface area contributed by atoms with E-state index in [0.29, 0.717) is 12.5 Å². The van der Waals surface area contributed by atoms with E-state index in [-0.39, 0.29) is 12.0 Å². The minimum Gasteiger partial charge on any atom is -0.468 e. The number of ether oxygens (including phenoxy) is 1. The molecule has 1 atom stereocenters. The minimum atomic E-state index is -0.276. The number of hydrogen-bond acceptors (Lipinski definition) is 4. The topological polar surface area (TPSA) is 67.0 Å². The van der Waals surface area contributed by atoms with Crippen LogP contribution in [0, 0.1) is 5.92 Å². The first kappa shape index (κ1) is 14.5. The molecule has 0 saturated carbocycles. The van der Waals surface area contributed by atoms with Crippen LogP contribution in [0.15, 0.2) is 24.5 Å². The summed E-state index contributed by atoms with van der Waals surface area (Å²) in [5.41, 5.74) is 1.97. The average Bonchev–Trinajstić information content (AvgIpc) is 2.85. The maximum absolute atomic E-state index is 11.8. The monoisotopic (exact) mass is 275 g/mol. The number of esters is 1. The number of rotatable bonds is 6. The summed E-state index contributed by atoms with van der Waals surface area (Å²) in [6.45, 7) is 4.79. The van der Waals surface area contributed by atoms with E-state index in [1.54, 1.807) is 6.20 Å². The van der Waals surface area contributed by atoms with Gasteiger partial charge < -0.3 is 15.0 Å². The third-order valence-electron chi connectivity index (χ3n) is 3.27. The van der Waals surface area contributed by atoms with Gasteiger partial charge in [0, 0.05) is 24.3 Å². The molecule has 0 aliphatic heterocycles. The number of hydrogen-bond donors (Lipinski definition) is 2. The summed E-state index contributed by atoms with van der Waals surface area (Å²) in [6, 6.07) is 3.65. The predicted octanol–water partition coefficient (Wildman–Crippen LogP) is 2.24. The number of carbonyl (C=O) groups is 1. The van der Waals surface area contributed by atoms with Gasteiger partial charge >= 0.3 is 5.97 Å². The highest BCUT2D eigenvalue weighted by molar-refractivity contribution is 5.79. The molecule has 0 bridgehead atoms. The lowest BCUT2D eigenvalue weighted by atomic mass is 10.0. The van der Waals surface area contributed by atoms with E-state index in [1.165, 1.54) is 7.11 Å². The highest BCUT2D eigenvalue weighted by Gasteiger charge is 2.20. The molecule has 0 aliphatic rings. The summed E-state index contributed by atoms with van der Waals surface area (Å²) in [4.78, 5) is 19.1. The van der Waals surface area contributed by atoms with Crippen LogP contribution < -0.4 is 5.32 Å². The summed E-state index contributed by atoms with van der Waals surface area (Å²) in [6.07, 6.45) is 4.44. The van der Waals surface area contributed by atoms with Crippen molar-refractivity contribution in [2.75, 3.05) is 7.11 Å². The Labute approximate surface area is 118 Å². The zero-order chi connectivity index (χ0) is 14.5. The fourth-order valence-electron chi connectivity index (χ4n) is 2.27. The zero-order valence-corrected chi connectivity index (χ0v) is 12.1. The van der Waals surface area contributed by atoms with Gasteiger partial charge in [-0.1, -0.05) is 13.8 Å². The summed E-state index contributed by atoms with van der Waals surface area (Å²) in [5, 5.41) is 4.35. The van der Waals surface area contributed by atoms with Gasteiger partial charge in [0.15, 0.2) is 0 Å². The lowest BCUT2D eigenvalue weighted by molar-refractivity contribution is -0.143. The molecule has 0 aromatic carbocycles. The molecule has 5 heteroatoms. The quantitative estimate of drug-likeness (QED) is 0.793. The van der Waals surface area contributed by atoms with Crippen LogP contribution in [0.3, 0.4) is 0 Å². The molecular formula is C15H21N3O2. The lowest BCUT2D eigenvalue weighted by Gasteiger charge is -2.18. The molecule has 2 N–H and O–H groups in total. The molecule has 1 unspecified atom stereocenters. The fraction of sp³-hybridized carbons (Fsp3) is 0.467. The second-order valence-corrected chi connectivity index (χ2v) is 5.30. The van der Waals surface area contributed by atoms with Crippen molar-refractivity contribution in [3.63, 3.8) is 0 Å². The van der Waals surface area contributed by atoms with Crippen molar-refractivity contribution in [2.45, 2.75) is 32.9 Å². The number of carbonyl (C=O) groups excluding carboxylic acids is 1. The Morgan fingerprint density at radius 1 is 1.50 bits per heavy atom. The van der Waals surface area contributed by atoms with Gasteiger partial charge in [-0.15, -0.1) is 0 Å². The van der Waals surface area contributed by atoms with Crippen LogP contribution in [0.2, 0.25) is 0 Å². The van der Waals surface area contributed by atoms with Crippen LogP contribution in [0.5, 0.6) is 0 Å². The predicted molar refractivity (Wildman–Crippen MR) is 78.2 cm³/mol. The first-order valence-corrected chi connectivity index (χ1v) is 6.84. The Bertz CT molecular complexity index is 577. The third-order valence-corrected chi connectivity index (χ3v) is 3.27. The number of fused-ring (bicyclic) bond motifs is 1. The normalized spacial score (nSPS) is 12.8. The molecule has 0 aliphatic carbocycles. The van der Waals surface area contributed by atoms with E-state index < -0.39 is 0 Å². The van der Waals surface area contributed by atoms with E-state index in [4.69, 9.17) is 4.74 Å². The molecule has 0 radical (unpaired) electrons. The van der Waals surface area contributed by atoms with Gasteiger partial charge in [0.25, 0.3) is 0 Å². The Kier molecular flexibility index (Phi) is 4.74. The molecule has 20 heavy (non-hydrogen) atoms. The number of methoxy groups -OCH3 is 1. The van der Waals surface area contributed by atoms with E-state index in [1.807, 2.05) is 18.3 Å². The van der Waals surface area contributed by atoms with Crippen LogP contribution >= 0.6 is 0 Å². The highest BCUT2D eigenvalue weighted by atomic mass is 16.5. The molecular weight excluding hydrogens is 254 g/mol. The smallest absolute Gasteiger partial charge is 0.322 e. The number of pyridine rings is 1. The molecule has 0 spiro atoms. The molecule has 5 nitrogen and oxygen atoms in total.